The van der Waals surface area contributed by atoms with E-state index >= 15 is 0 Å². The van der Waals surface area contributed by atoms with E-state index in [1.165, 1.54) is 12.8 Å². The highest BCUT2D eigenvalue weighted by molar-refractivity contribution is 5.93. The fraction of sp³-hybridized carbons (Fsp3) is 0.800. The maximum absolute atomic E-state index is 11.2. The summed E-state index contributed by atoms with van der Waals surface area (Å²) in [5, 5.41) is 2.82. The van der Waals surface area contributed by atoms with Crippen molar-refractivity contribution in [1.82, 2.24) is 15.1 Å². The largest absolute Gasteiger partial charge is 0.344 e. The Morgan fingerprint density at radius 3 is 2.58 bits per heavy atom. The van der Waals surface area contributed by atoms with Crippen LogP contribution in [0.2, 0.25) is 0 Å². The molecule has 1 fully saturated rings. The van der Waals surface area contributed by atoms with Crippen LogP contribution in [0.25, 0.3) is 0 Å². The highest BCUT2D eigenvalue weighted by Crippen LogP contribution is 2.16. The molecule has 19 heavy (non-hydrogen) atoms. The molecule has 1 saturated heterocycles. The molecule has 0 radical (unpaired) electrons. The molecule has 4 heteroatoms. The smallest absolute Gasteiger partial charge is 0.295 e. The average Bonchev–Trinajstić information content (AvgIpc) is 2.39. The Balaban J connectivity index is 2.19. The van der Waals surface area contributed by atoms with Gasteiger partial charge in [0.25, 0.3) is 5.91 Å². The highest BCUT2D eigenvalue weighted by Gasteiger charge is 2.23. The first-order valence-electron chi connectivity index (χ1n) is 7.19. The van der Waals surface area contributed by atoms with Crippen molar-refractivity contribution >= 4 is 5.91 Å². The minimum absolute atomic E-state index is 0.170. The van der Waals surface area contributed by atoms with Crippen molar-refractivity contribution in [2.75, 3.05) is 33.2 Å². The lowest BCUT2D eigenvalue weighted by atomic mass is 10.0. The van der Waals surface area contributed by atoms with Gasteiger partial charge in [-0.15, -0.1) is 0 Å². The van der Waals surface area contributed by atoms with Gasteiger partial charge in [-0.1, -0.05) is 5.92 Å². The Morgan fingerprint density at radius 2 is 2.05 bits per heavy atom. The minimum atomic E-state index is -0.170. The van der Waals surface area contributed by atoms with Crippen LogP contribution in [-0.2, 0) is 4.79 Å². The molecule has 1 amide bonds. The predicted molar refractivity (Wildman–Crippen MR) is 78.8 cm³/mol. The number of likely N-dealkylation sites (tertiary alicyclic amines) is 1. The monoisotopic (exact) mass is 265 g/mol. The Bertz CT molecular complexity index is 335. The van der Waals surface area contributed by atoms with E-state index in [0.29, 0.717) is 18.6 Å². The van der Waals surface area contributed by atoms with Gasteiger partial charge < -0.3 is 15.1 Å². The number of hydrogen-bond donors (Lipinski definition) is 1. The second-order valence-corrected chi connectivity index (χ2v) is 5.46. The lowest BCUT2D eigenvalue weighted by Gasteiger charge is -2.38. The number of carbonyl (C=O) groups is 1. The van der Waals surface area contributed by atoms with E-state index in [1.54, 1.807) is 6.92 Å². The van der Waals surface area contributed by atoms with Crippen LogP contribution >= 0.6 is 0 Å². The van der Waals surface area contributed by atoms with Gasteiger partial charge in [0.1, 0.15) is 0 Å². The molecule has 0 aliphatic carbocycles. The van der Waals surface area contributed by atoms with Gasteiger partial charge in [0, 0.05) is 25.2 Å². The summed E-state index contributed by atoms with van der Waals surface area (Å²) in [7, 11) is 2.22. The van der Waals surface area contributed by atoms with E-state index in [9.17, 15) is 4.79 Å². The molecular weight excluding hydrogens is 238 g/mol. The third-order valence-electron chi connectivity index (χ3n) is 3.90. The zero-order valence-electron chi connectivity index (χ0n) is 12.7. The summed E-state index contributed by atoms with van der Waals surface area (Å²) in [4.78, 5) is 16.1. The second kappa shape index (κ2) is 8.19. The van der Waals surface area contributed by atoms with Crippen molar-refractivity contribution in [3.63, 3.8) is 0 Å². The van der Waals surface area contributed by atoms with Gasteiger partial charge in [-0.25, -0.2) is 0 Å². The summed E-state index contributed by atoms with van der Waals surface area (Å²) in [6.07, 6.45) is 2.44. The Labute approximate surface area is 117 Å². The molecule has 0 aromatic heterocycles. The summed E-state index contributed by atoms with van der Waals surface area (Å²) >= 11 is 0. The summed E-state index contributed by atoms with van der Waals surface area (Å²) < 4.78 is 0. The number of nitrogens with zero attached hydrogens (tertiary/aromatic N) is 2. The number of amides is 1. The third kappa shape index (κ3) is 5.63. The molecule has 1 N–H and O–H groups in total. The fourth-order valence-corrected chi connectivity index (χ4v) is 2.46. The van der Waals surface area contributed by atoms with E-state index < -0.39 is 0 Å². The van der Waals surface area contributed by atoms with Gasteiger partial charge in [-0.2, -0.15) is 0 Å². The van der Waals surface area contributed by atoms with Gasteiger partial charge in [0.15, 0.2) is 0 Å². The van der Waals surface area contributed by atoms with Gasteiger partial charge in [-0.05, 0) is 59.7 Å². The maximum atomic E-state index is 11.2. The van der Waals surface area contributed by atoms with Crippen LogP contribution in [0.3, 0.4) is 0 Å². The predicted octanol–water partition coefficient (Wildman–Crippen LogP) is 0.931. The molecule has 0 aromatic rings. The molecule has 1 rings (SSSR count). The van der Waals surface area contributed by atoms with Crippen molar-refractivity contribution in [3.8, 4) is 11.8 Å². The van der Waals surface area contributed by atoms with Crippen LogP contribution in [0.4, 0.5) is 0 Å². The Kier molecular flexibility index (Phi) is 6.90. The second-order valence-electron chi connectivity index (χ2n) is 5.46. The van der Waals surface area contributed by atoms with Crippen LogP contribution in [-0.4, -0.2) is 61.0 Å². The first kappa shape index (κ1) is 16.0. The maximum Gasteiger partial charge on any atom is 0.295 e. The average molecular weight is 265 g/mol. The van der Waals surface area contributed by atoms with Crippen LogP contribution in [0.1, 0.15) is 33.6 Å². The number of piperidine rings is 1. The molecule has 1 aliphatic heterocycles. The van der Waals surface area contributed by atoms with E-state index in [2.05, 4.69) is 47.9 Å². The first-order valence-corrected chi connectivity index (χ1v) is 7.19. The molecule has 0 unspecified atom stereocenters. The van der Waals surface area contributed by atoms with Crippen LogP contribution in [0.15, 0.2) is 0 Å². The van der Waals surface area contributed by atoms with E-state index in [1.807, 2.05) is 0 Å². The lowest BCUT2D eigenvalue weighted by Crippen LogP contribution is -2.47. The molecule has 0 spiro atoms. The molecule has 1 aliphatic rings. The minimum Gasteiger partial charge on any atom is -0.344 e. The molecule has 0 aromatic carbocycles. The van der Waals surface area contributed by atoms with E-state index in [4.69, 9.17) is 0 Å². The van der Waals surface area contributed by atoms with Crippen LogP contribution in [0, 0.1) is 11.8 Å². The summed E-state index contributed by atoms with van der Waals surface area (Å²) in [6, 6.07) is 1.32. The molecule has 0 bridgehead atoms. The number of carbonyl (C=O) groups excluding carboxylic acids is 1. The zero-order chi connectivity index (χ0) is 14.3. The van der Waals surface area contributed by atoms with Gasteiger partial charge in [0.05, 0.1) is 0 Å². The molecule has 0 saturated carbocycles. The fourth-order valence-electron chi connectivity index (χ4n) is 2.46. The number of nitrogens with one attached hydrogen (secondary N) is 1. The van der Waals surface area contributed by atoms with Crippen molar-refractivity contribution < 1.29 is 4.79 Å². The molecule has 0 atom stereocenters. The topological polar surface area (TPSA) is 35.6 Å². The number of rotatable bonds is 5. The highest BCUT2D eigenvalue weighted by atomic mass is 16.1. The molecule has 4 nitrogen and oxygen atoms in total. The number of hydrogen-bond acceptors (Lipinski definition) is 3. The van der Waals surface area contributed by atoms with Crippen molar-refractivity contribution in [2.45, 2.75) is 45.7 Å². The van der Waals surface area contributed by atoms with Crippen molar-refractivity contribution in [3.05, 3.63) is 0 Å². The third-order valence-corrected chi connectivity index (χ3v) is 3.90. The van der Waals surface area contributed by atoms with Crippen molar-refractivity contribution in [1.29, 1.82) is 0 Å². The van der Waals surface area contributed by atoms with E-state index in [0.717, 1.165) is 19.6 Å². The van der Waals surface area contributed by atoms with Crippen molar-refractivity contribution in [2.24, 2.45) is 0 Å². The Hall–Kier alpha value is -1.05. The van der Waals surface area contributed by atoms with Gasteiger partial charge in [0.2, 0.25) is 0 Å². The molecule has 108 valence electrons. The normalized spacial score (nSPS) is 17.4. The van der Waals surface area contributed by atoms with E-state index in [-0.39, 0.29) is 5.91 Å². The van der Waals surface area contributed by atoms with Crippen LogP contribution < -0.4 is 5.32 Å². The molecule has 1 heterocycles. The van der Waals surface area contributed by atoms with Crippen LogP contribution in [0.5, 0.6) is 0 Å². The summed E-state index contributed by atoms with van der Waals surface area (Å²) in [6.45, 7) is 10.0. The van der Waals surface area contributed by atoms with Gasteiger partial charge >= 0.3 is 0 Å². The quantitative estimate of drug-likeness (QED) is 0.751. The lowest BCUT2D eigenvalue weighted by molar-refractivity contribution is -0.115. The SMILES string of the molecule is CC#CC(=O)NCCN1CCC(N(C)C(C)C)CC1. The Morgan fingerprint density at radius 1 is 1.42 bits per heavy atom. The first-order chi connectivity index (χ1) is 9.04. The molecular formula is C15H27N3O. The van der Waals surface area contributed by atoms with Gasteiger partial charge in [-0.3, -0.25) is 4.79 Å². The standard InChI is InChI=1S/C15H27N3O/c1-5-6-15(19)16-9-12-18-10-7-14(8-11-18)17(4)13(2)3/h13-14H,7-12H2,1-4H3,(H,16,19). The summed E-state index contributed by atoms with van der Waals surface area (Å²) in [5.74, 6) is 4.93. The zero-order valence-corrected chi connectivity index (χ0v) is 12.7. The summed E-state index contributed by atoms with van der Waals surface area (Å²) in [5.41, 5.74) is 0.